The summed E-state index contributed by atoms with van der Waals surface area (Å²) < 4.78 is 31.0. The third-order valence-electron chi connectivity index (χ3n) is 2.79. The van der Waals surface area contributed by atoms with Crippen LogP contribution in [0.4, 0.5) is 5.69 Å². The van der Waals surface area contributed by atoms with Gasteiger partial charge in [0.05, 0.1) is 5.69 Å². The maximum atomic E-state index is 11.8. The zero-order valence-electron chi connectivity index (χ0n) is 11.5. The van der Waals surface area contributed by atoms with Gasteiger partial charge in [-0.1, -0.05) is 12.1 Å². The molecule has 6 heteroatoms. The largest absolute Gasteiger partial charge is 0.385 e. The van der Waals surface area contributed by atoms with Crippen LogP contribution in [-0.2, 0) is 14.8 Å². The Labute approximate surface area is 115 Å². The normalized spacial score (nSPS) is 11.5. The van der Waals surface area contributed by atoms with Crippen LogP contribution in [0, 0.1) is 0 Å². The number of anilines is 1. The van der Waals surface area contributed by atoms with Crippen molar-refractivity contribution in [1.82, 2.24) is 4.72 Å². The minimum Gasteiger partial charge on any atom is -0.385 e. The van der Waals surface area contributed by atoms with Gasteiger partial charge >= 0.3 is 0 Å². The lowest BCUT2D eigenvalue weighted by atomic mass is 10.2. The van der Waals surface area contributed by atoms with Gasteiger partial charge in [-0.25, -0.2) is 13.1 Å². The second-order valence-corrected chi connectivity index (χ2v) is 6.04. The SMILES string of the molecule is CNS(=O)(=O)c1ccccc1NCCCCCOC. The Morgan fingerprint density at radius 1 is 1.16 bits per heavy atom. The molecule has 5 nitrogen and oxygen atoms in total. The summed E-state index contributed by atoms with van der Waals surface area (Å²) >= 11 is 0. The maximum Gasteiger partial charge on any atom is 0.242 e. The van der Waals surface area contributed by atoms with Gasteiger partial charge < -0.3 is 10.1 Å². The Morgan fingerprint density at radius 2 is 1.89 bits per heavy atom. The molecule has 0 aliphatic heterocycles. The van der Waals surface area contributed by atoms with Crippen LogP contribution in [0.3, 0.4) is 0 Å². The Balaban J connectivity index is 2.55. The zero-order chi connectivity index (χ0) is 14.1. The number of nitrogens with one attached hydrogen (secondary N) is 2. The van der Waals surface area contributed by atoms with Crippen molar-refractivity contribution in [1.29, 1.82) is 0 Å². The van der Waals surface area contributed by atoms with Gasteiger partial charge in [0.25, 0.3) is 0 Å². The number of sulfonamides is 1. The predicted octanol–water partition coefficient (Wildman–Crippen LogP) is 1.82. The van der Waals surface area contributed by atoms with Gasteiger partial charge in [-0.3, -0.25) is 0 Å². The average Bonchev–Trinajstić information content (AvgIpc) is 2.43. The molecular formula is C13H22N2O3S. The van der Waals surface area contributed by atoms with Gasteiger partial charge in [0.2, 0.25) is 10.0 Å². The van der Waals surface area contributed by atoms with Gasteiger partial charge in [0.15, 0.2) is 0 Å². The summed E-state index contributed by atoms with van der Waals surface area (Å²) in [5, 5.41) is 3.17. The van der Waals surface area contributed by atoms with Crippen LogP contribution in [0.25, 0.3) is 0 Å². The number of methoxy groups -OCH3 is 1. The molecule has 0 unspecified atom stereocenters. The number of hydrogen-bond donors (Lipinski definition) is 2. The summed E-state index contributed by atoms with van der Waals surface area (Å²) in [6.07, 6.45) is 3.06. The lowest BCUT2D eigenvalue weighted by Gasteiger charge is -2.11. The van der Waals surface area contributed by atoms with Crippen LogP contribution in [-0.4, -0.2) is 35.7 Å². The highest BCUT2D eigenvalue weighted by atomic mass is 32.2. The molecule has 0 aromatic heterocycles. The molecule has 19 heavy (non-hydrogen) atoms. The fourth-order valence-electron chi connectivity index (χ4n) is 1.73. The summed E-state index contributed by atoms with van der Waals surface area (Å²) in [4.78, 5) is 0.286. The van der Waals surface area contributed by atoms with E-state index in [1.165, 1.54) is 7.05 Å². The highest BCUT2D eigenvalue weighted by Crippen LogP contribution is 2.20. The van der Waals surface area contributed by atoms with Crippen molar-refractivity contribution in [2.24, 2.45) is 0 Å². The van der Waals surface area contributed by atoms with Gasteiger partial charge in [-0.05, 0) is 38.4 Å². The number of unbranched alkanes of at least 4 members (excludes halogenated alkanes) is 2. The molecule has 0 radical (unpaired) electrons. The molecule has 0 spiro atoms. The van der Waals surface area contributed by atoms with Crippen molar-refractivity contribution >= 4 is 15.7 Å². The Morgan fingerprint density at radius 3 is 2.58 bits per heavy atom. The lowest BCUT2D eigenvalue weighted by molar-refractivity contribution is 0.192. The first kappa shape index (κ1) is 15.9. The van der Waals surface area contributed by atoms with Crippen molar-refractivity contribution in [2.75, 3.05) is 32.6 Å². The second kappa shape index (κ2) is 8.14. The second-order valence-electron chi connectivity index (χ2n) is 4.18. The Hall–Kier alpha value is -1.11. The van der Waals surface area contributed by atoms with E-state index in [2.05, 4.69) is 10.0 Å². The van der Waals surface area contributed by atoms with Crippen LogP contribution >= 0.6 is 0 Å². The molecule has 0 aliphatic carbocycles. The number of hydrogen-bond acceptors (Lipinski definition) is 4. The molecule has 1 aromatic rings. The molecule has 0 bridgehead atoms. The number of benzene rings is 1. The fourth-order valence-corrected chi connectivity index (χ4v) is 2.64. The minimum absolute atomic E-state index is 0.286. The van der Waals surface area contributed by atoms with E-state index >= 15 is 0 Å². The molecule has 0 saturated carbocycles. The Kier molecular flexibility index (Phi) is 6.83. The highest BCUT2D eigenvalue weighted by Gasteiger charge is 2.15. The van der Waals surface area contributed by atoms with Crippen LogP contribution in [0.5, 0.6) is 0 Å². The average molecular weight is 286 g/mol. The van der Waals surface area contributed by atoms with E-state index in [9.17, 15) is 8.42 Å². The molecule has 108 valence electrons. The molecular weight excluding hydrogens is 264 g/mol. The van der Waals surface area contributed by atoms with Crippen LogP contribution in [0.2, 0.25) is 0 Å². The summed E-state index contributed by atoms with van der Waals surface area (Å²) in [7, 11) is -0.308. The fraction of sp³-hybridized carbons (Fsp3) is 0.538. The van der Waals surface area contributed by atoms with Crippen LogP contribution in [0.1, 0.15) is 19.3 Å². The standard InChI is InChI=1S/C13H22N2O3S/c1-14-19(16,17)13-9-5-4-8-12(13)15-10-6-3-7-11-18-2/h4-5,8-9,14-15H,3,6-7,10-11H2,1-2H3. The third-order valence-corrected chi connectivity index (χ3v) is 4.26. The van der Waals surface area contributed by atoms with E-state index in [1.54, 1.807) is 25.3 Å². The third kappa shape index (κ3) is 5.18. The highest BCUT2D eigenvalue weighted by molar-refractivity contribution is 7.89. The number of rotatable bonds is 9. The molecule has 0 saturated heterocycles. The molecule has 1 rings (SSSR count). The first-order chi connectivity index (χ1) is 9.11. The van der Waals surface area contributed by atoms with Crippen molar-refractivity contribution in [3.63, 3.8) is 0 Å². The van der Waals surface area contributed by atoms with E-state index in [4.69, 9.17) is 4.74 Å². The smallest absolute Gasteiger partial charge is 0.242 e. The van der Waals surface area contributed by atoms with Crippen LogP contribution < -0.4 is 10.0 Å². The molecule has 0 amide bonds. The van der Waals surface area contributed by atoms with E-state index in [0.29, 0.717) is 5.69 Å². The topological polar surface area (TPSA) is 67.4 Å². The Bertz CT molecular complexity index is 475. The summed E-state index contributed by atoms with van der Waals surface area (Å²) in [6.45, 7) is 1.52. The van der Waals surface area contributed by atoms with Crippen molar-refractivity contribution in [2.45, 2.75) is 24.2 Å². The van der Waals surface area contributed by atoms with Crippen molar-refractivity contribution in [3.8, 4) is 0 Å². The van der Waals surface area contributed by atoms with E-state index < -0.39 is 10.0 Å². The molecule has 0 aliphatic rings. The molecule has 0 fully saturated rings. The predicted molar refractivity (Wildman–Crippen MR) is 76.9 cm³/mol. The summed E-state index contributed by atoms with van der Waals surface area (Å²) in [5.74, 6) is 0. The molecule has 0 heterocycles. The van der Waals surface area contributed by atoms with Crippen molar-refractivity contribution < 1.29 is 13.2 Å². The zero-order valence-corrected chi connectivity index (χ0v) is 12.3. The molecule has 2 N–H and O–H groups in total. The van der Waals surface area contributed by atoms with Gasteiger partial charge in [-0.2, -0.15) is 0 Å². The van der Waals surface area contributed by atoms with E-state index in [1.807, 2.05) is 6.07 Å². The molecule has 1 aromatic carbocycles. The van der Waals surface area contributed by atoms with Gasteiger partial charge in [-0.15, -0.1) is 0 Å². The first-order valence-electron chi connectivity index (χ1n) is 6.37. The van der Waals surface area contributed by atoms with Gasteiger partial charge in [0, 0.05) is 20.3 Å². The van der Waals surface area contributed by atoms with E-state index in [-0.39, 0.29) is 4.90 Å². The minimum atomic E-state index is -3.41. The quantitative estimate of drug-likeness (QED) is 0.680. The number of para-hydroxylation sites is 1. The maximum absolute atomic E-state index is 11.8. The summed E-state index contributed by atoms with van der Waals surface area (Å²) in [5.41, 5.74) is 0.642. The lowest BCUT2D eigenvalue weighted by Crippen LogP contribution is -2.20. The molecule has 0 atom stereocenters. The van der Waals surface area contributed by atoms with Crippen LogP contribution in [0.15, 0.2) is 29.2 Å². The van der Waals surface area contributed by atoms with E-state index in [0.717, 1.165) is 32.4 Å². The monoisotopic (exact) mass is 286 g/mol. The van der Waals surface area contributed by atoms with Crippen molar-refractivity contribution in [3.05, 3.63) is 24.3 Å². The first-order valence-corrected chi connectivity index (χ1v) is 7.85. The number of ether oxygens (including phenoxy) is 1. The van der Waals surface area contributed by atoms with Gasteiger partial charge in [0.1, 0.15) is 4.90 Å². The summed E-state index contributed by atoms with van der Waals surface area (Å²) in [6, 6.07) is 6.91.